The third-order valence-electron chi connectivity index (χ3n) is 5.36. The fourth-order valence-corrected chi connectivity index (χ4v) is 4.44. The number of furan rings is 1. The number of aromatic nitrogens is 3. The first kappa shape index (κ1) is 23.1. The number of thioether (sulfide) groups is 1. The monoisotopic (exact) mass is 480 g/mol. The minimum Gasteiger partial charge on any atom is -0.467 e. The van der Waals surface area contributed by atoms with Crippen molar-refractivity contribution in [2.24, 2.45) is 0 Å². The molecule has 2 aromatic heterocycles. The van der Waals surface area contributed by atoms with E-state index in [1.54, 1.807) is 6.26 Å². The Labute approximate surface area is 202 Å². The fourth-order valence-electron chi connectivity index (χ4n) is 3.55. The number of carbonyl (C=O) groups is 1. The Bertz CT molecular complexity index is 1160. The summed E-state index contributed by atoms with van der Waals surface area (Å²) in [6, 6.07) is 21.5. The van der Waals surface area contributed by atoms with E-state index in [9.17, 15) is 4.79 Å². The van der Waals surface area contributed by atoms with Gasteiger partial charge in [0, 0.05) is 23.0 Å². The first-order valence-corrected chi connectivity index (χ1v) is 12.2. The number of hydrogen-bond acceptors (Lipinski definition) is 5. The Hall–Kier alpha value is -3.03. The summed E-state index contributed by atoms with van der Waals surface area (Å²) in [4.78, 5) is 12.6. The molecule has 0 unspecified atom stereocenters. The molecule has 170 valence electrons. The van der Waals surface area contributed by atoms with Gasteiger partial charge < -0.3 is 9.73 Å². The standard InChI is InChI=1S/C25H25ClN4O2S/c1-2-18(19-7-4-3-5-8-19)15-27-23(31)17-33-25-29-28-24(20-10-12-21(26)13-11-20)30(25)16-22-9-6-14-32-22/h3-14,18H,2,15-17H2,1H3,(H,27,31)/t18-/m1/s1. The second-order valence-corrected chi connectivity index (χ2v) is 8.97. The molecule has 0 aliphatic carbocycles. The zero-order chi connectivity index (χ0) is 23.0. The molecule has 0 aliphatic rings. The van der Waals surface area contributed by atoms with E-state index < -0.39 is 0 Å². The molecule has 2 aromatic carbocycles. The second-order valence-electron chi connectivity index (χ2n) is 7.59. The van der Waals surface area contributed by atoms with E-state index >= 15 is 0 Å². The number of rotatable bonds is 10. The van der Waals surface area contributed by atoms with E-state index in [1.165, 1.54) is 17.3 Å². The Morgan fingerprint density at radius 2 is 1.88 bits per heavy atom. The van der Waals surface area contributed by atoms with Gasteiger partial charge in [-0.15, -0.1) is 10.2 Å². The molecule has 6 nitrogen and oxygen atoms in total. The zero-order valence-electron chi connectivity index (χ0n) is 18.3. The van der Waals surface area contributed by atoms with Crippen molar-refractivity contribution in [3.05, 3.63) is 89.3 Å². The topological polar surface area (TPSA) is 73.0 Å². The van der Waals surface area contributed by atoms with E-state index in [1.807, 2.05) is 59.2 Å². The zero-order valence-corrected chi connectivity index (χ0v) is 19.9. The van der Waals surface area contributed by atoms with Crippen LogP contribution in [0.5, 0.6) is 0 Å². The van der Waals surface area contributed by atoms with Crippen LogP contribution in [0, 0.1) is 0 Å². The lowest BCUT2D eigenvalue weighted by molar-refractivity contribution is -0.118. The third-order valence-corrected chi connectivity index (χ3v) is 6.57. The number of hydrogen-bond donors (Lipinski definition) is 1. The molecule has 8 heteroatoms. The van der Waals surface area contributed by atoms with Crippen LogP contribution in [-0.4, -0.2) is 33.0 Å². The smallest absolute Gasteiger partial charge is 0.230 e. The van der Waals surface area contributed by atoms with Crippen LogP contribution in [0.1, 0.15) is 30.6 Å². The van der Waals surface area contributed by atoms with E-state index in [0.717, 1.165) is 17.7 Å². The summed E-state index contributed by atoms with van der Waals surface area (Å²) in [5.41, 5.74) is 2.13. The summed E-state index contributed by atoms with van der Waals surface area (Å²) in [7, 11) is 0. The SMILES string of the molecule is CC[C@H](CNC(=O)CSc1nnc(-c2ccc(Cl)cc2)n1Cc1ccco1)c1ccccc1. The van der Waals surface area contributed by atoms with Crippen LogP contribution in [-0.2, 0) is 11.3 Å². The normalized spacial score (nSPS) is 11.9. The number of amides is 1. The molecule has 0 radical (unpaired) electrons. The summed E-state index contributed by atoms with van der Waals surface area (Å²) >= 11 is 7.40. The molecular formula is C25H25ClN4O2S. The van der Waals surface area contributed by atoms with E-state index in [4.69, 9.17) is 16.0 Å². The van der Waals surface area contributed by atoms with Crippen molar-refractivity contribution < 1.29 is 9.21 Å². The summed E-state index contributed by atoms with van der Waals surface area (Å²) in [5, 5.41) is 13.1. The molecule has 1 N–H and O–H groups in total. The van der Waals surface area contributed by atoms with Gasteiger partial charge in [0.1, 0.15) is 5.76 Å². The van der Waals surface area contributed by atoms with Crippen molar-refractivity contribution in [3.63, 3.8) is 0 Å². The van der Waals surface area contributed by atoms with Crippen molar-refractivity contribution in [2.75, 3.05) is 12.3 Å². The van der Waals surface area contributed by atoms with Crippen LogP contribution in [0.3, 0.4) is 0 Å². The molecule has 33 heavy (non-hydrogen) atoms. The van der Waals surface area contributed by atoms with Gasteiger partial charge in [0.2, 0.25) is 5.91 Å². The van der Waals surface area contributed by atoms with Gasteiger partial charge in [-0.3, -0.25) is 9.36 Å². The minimum atomic E-state index is -0.0324. The molecule has 1 atom stereocenters. The average molecular weight is 481 g/mol. The lowest BCUT2D eigenvalue weighted by Crippen LogP contribution is -2.29. The molecular weight excluding hydrogens is 456 g/mol. The van der Waals surface area contributed by atoms with Gasteiger partial charge in [-0.25, -0.2) is 0 Å². The summed E-state index contributed by atoms with van der Waals surface area (Å²) < 4.78 is 7.49. The van der Waals surface area contributed by atoms with Gasteiger partial charge in [-0.1, -0.05) is 60.6 Å². The van der Waals surface area contributed by atoms with Gasteiger partial charge in [0.25, 0.3) is 0 Å². The van der Waals surface area contributed by atoms with Crippen molar-refractivity contribution in [1.82, 2.24) is 20.1 Å². The van der Waals surface area contributed by atoms with Crippen LogP contribution in [0.2, 0.25) is 5.02 Å². The van der Waals surface area contributed by atoms with E-state index in [0.29, 0.717) is 35.0 Å². The lowest BCUT2D eigenvalue weighted by atomic mass is 9.96. The number of benzene rings is 2. The van der Waals surface area contributed by atoms with Crippen molar-refractivity contribution >= 4 is 29.3 Å². The first-order valence-electron chi connectivity index (χ1n) is 10.8. The average Bonchev–Trinajstić information content (AvgIpc) is 3.50. The predicted octanol–water partition coefficient (Wildman–Crippen LogP) is 5.64. The van der Waals surface area contributed by atoms with Gasteiger partial charge in [-0.2, -0.15) is 0 Å². The second kappa shape index (κ2) is 11.2. The first-order chi connectivity index (χ1) is 16.1. The number of halogens is 1. The quantitative estimate of drug-likeness (QED) is 0.297. The number of nitrogens with one attached hydrogen (secondary N) is 1. The van der Waals surface area contributed by atoms with Crippen molar-refractivity contribution in [3.8, 4) is 11.4 Å². The Balaban J connectivity index is 1.43. The van der Waals surface area contributed by atoms with Gasteiger partial charge in [0.05, 0.1) is 18.6 Å². The molecule has 0 saturated heterocycles. The van der Waals surface area contributed by atoms with Crippen LogP contribution in [0.4, 0.5) is 0 Å². The van der Waals surface area contributed by atoms with Crippen LogP contribution >= 0.6 is 23.4 Å². The van der Waals surface area contributed by atoms with Crippen LogP contribution in [0.15, 0.2) is 82.6 Å². The molecule has 0 fully saturated rings. The maximum Gasteiger partial charge on any atom is 0.230 e. The molecule has 0 spiro atoms. The largest absolute Gasteiger partial charge is 0.467 e. The highest BCUT2D eigenvalue weighted by atomic mass is 35.5. The van der Waals surface area contributed by atoms with Gasteiger partial charge >= 0.3 is 0 Å². The summed E-state index contributed by atoms with van der Waals surface area (Å²) in [6.07, 6.45) is 2.60. The van der Waals surface area contributed by atoms with Gasteiger partial charge in [-0.05, 0) is 48.4 Å². The molecule has 4 rings (SSSR count). The highest BCUT2D eigenvalue weighted by Gasteiger charge is 2.18. The maximum atomic E-state index is 12.6. The predicted molar refractivity (Wildman–Crippen MR) is 131 cm³/mol. The number of carbonyl (C=O) groups excluding carboxylic acids is 1. The molecule has 0 bridgehead atoms. The Kier molecular flexibility index (Phi) is 7.86. The maximum absolute atomic E-state index is 12.6. The number of nitrogens with zero attached hydrogens (tertiary/aromatic N) is 3. The van der Waals surface area contributed by atoms with Crippen LogP contribution < -0.4 is 5.32 Å². The molecule has 1 amide bonds. The molecule has 0 saturated carbocycles. The molecule has 4 aromatic rings. The Morgan fingerprint density at radius 1 is 1.09 bits per heavy atom. The van der Waals surface area contributed by atoms with E-state index in [2.05, 4.69) is 34.6 Å². The third kappa shape index (κ3) is 6.06. The summed E-state index contributed by atoms with van der Waals surface area (Å²) in [6.45, 7) is 3.21. The fraction of sp³-hybridized carbons (Fsp3) is 0.240. The van der Waals surface area contributed by atoms with Crippen molar-refractivity contribution in [2.45, 2.75) is 31.0 Å². The Morgan fingerprint density at radius 3 is 2.58 bits per heavy atom. The molecule has 2 heterocycles. The highest BCUT2D eigenvalue weighted by Crippen LogP contribution is 2.26. The lowest BCUT2D eigenvalue weighted by Gasteiger charge is -2.16. The summed E-state index contributed by atoms with van der Waals surface area (Å²) in [5.74, 6) is 1.99. The molecule has 0 aliphatic heterocycles. The van der Waals surface area contributed by atoms with Gasteiger partial charge in [0.15, 0.2) is 11.0 Å². The van der Waals surface area contributed by atoms with Crippen molar-refractivity contribution in [1.29, 1.82) is 0 Å². The highest BCUT2D eigenvalue weighted by molar-refractivity contribution is 7.99. The minimum absolute atomic E-state index is 0.0324. The van der Waals surface area contributed by atoms with E-state index in [-0.39, 0.29) is 11.7 Å². The van der Waals surface area contributed by atoms with Crippen LogP contribution in [0.25, 0.3) is 11.4 Å².